The largest absolute Gasteiger partial charge is 0.378 e. The zero-order valence-corrected chi connectivity index (χ0v) is 10.1. The molecule has 1 atom stereocenters. The predicted octanol–water partition coefficient (Wildman–Crippen LogP) is 2.38. The third kappa shape index (κ3) is 2.69. The molecule has 0 bridgehead atoms. The summed E-state index contributed by atoms with van der Waals surface area (Å²) in [5.41, 5.74) is 6.71. The van der Waals surface area contributed by atoms with E-state index in [1.54, 1.807) is 12.4 Å². The topological polar surface area (TPSA) is 50.9 Å². The molecule has 3 nitrogen and oxygen atoms in total. The molecule has 0 saturated carbocycles. The van der Waals surface area contributed by atoms with Crippen LogP contribution in [0.15, 0.2) is 22.9 Å². The molecule has 0 aliphatic heterocycles. The van der Waals surface area contributed by atoms with Crippen molar-refractivity contribution in [2.24, 2.45) is 5.73 Å². The van der Waals surface area contributed by atoms with Gasteiger partial charge in [-0.05, 0) is 35.3 Å². The van der Waals surface area contributed by atoms with Crippen molar-refractivity contribution in [3.63, 3.8) is 0 Å². The van der Waals surface area contributed by atoms with E-state index in [-0.39, 0.29) is 5.54 Å². The van der Waals surface area contributed by atoms with Crippen molar-refractivity contribution in [2.75, 3.05) is 11.9 Å². The molecule has 14 heavy (non-hydrogen) atoms. The highest BCUT2D eigenvalue weighted by Crippen LogP contribution is 2.24. The quantitative estimate of drug-likeness (QED) is 0.871. The molecular formula is C10H16BrN3. The number of nitrogens with two attached hydrogens (primary N) is 1. The lowest BCUT2D eigenvalue weighted by atomic mass is 9.99. The van der Waals surface area contributed by atoms with Gasteiger partial charge in [0.15, 0.2) is 0 Å². The average molecular weight is 258 g/mol. The molecule has 1 heterocycles. The Bertz CT molecular complexity index is 297. The van der Waals surface area contributed by atoms with Crippen LogP contribution in [0.4, 0.5) is 5.69 Å². The lowest BCUT2D eigenvalue weighted by Crippen LogP contribution is -2.41. The third-order valence-electron chi connectivity index (χ3n) is 2.44. The summed E-state index contributed by atoms with van der Waals surface area (Å²) in [6.45, 7) is 4.84. The fourth-order valence-electron chi connectivity index (χ4n) is 1.09. The summed E-state index contributed by atoms with van der Waals surface area (Å²) in [6, 6.07) is 1.94. The minimum absolute atomic E-state index is 0.0517. The smallest absolute Gasteiger partial charge is 0.0590 e. The molecule has 78 valence electrons. The summed E-state index contributed by atoms with van der Waals surface area (Å²) in [6.07, 6.45) is 4.52. The van der Waals surface area contributed by atoms with Gasteiger partial charge in [-0.2, -0.15) is 0 Å². The van der Waals surface area contributed by atoms with Crippen LogP contribution in [-0.4, -0.2) is 17.1 Å². The fraction of sp³-hybridized carbons (Fsp3) is 0.500. The van der Waals surface area contributed by atoms with E-state index in [0.29, 0.717) is 6.54 Å². The molecule has 1 aromatic heterocycles. The van der Waals surface area contributed by atoms with E-state index in [0.717, 1.165) is 16.6 Å². The molecule has 0 radical (unpaired) electrons. The Morgan fingerprint density at radius 2 is 2.36 bits per heavy atom. The number of rotatable bonds is 4. The second-order valence-corrected chi connectivity index (χ2v) is 4.45. The second-order valence-electron chi connectivity index (χ2n) is 3.60. The first-order chi connectivity index (χ1) is 6.61. The van der Waals surface area contributed by atoms with Crippen LogP contribution in [0.3, 0.4) is 0 Å². The van der Waals surface area contributed by atoms with Gasteiger partial charge in [0.1, 0.15) is 0 Å². The molecule has 0 spiro atoms. The molecule has 4 heteroatoms. The molecule has 0 fully saturated rings. The average Bonchev–Trinajstić information content (AvgIpc) is 2.21. The Kier molecular flexibility index (Phi) is 3.89. The van der Waals surface area contributed by atoms with E-state index >= 15 is 0 Å². The molecule has 0 aliphatic carbocycles. The van der Waals surface area contributed by atoms with E-state index in [2.05, 4.69) is 40.1 Å². The molecule has 1 unspecified atom stereocenters. The Hall–Kier alpha value is -0.610. The summed E-state index contributed by atoms with van der Waals surface area (Å²) in [7, 11) is 0. The number of anilines is 1. The summed E-state index contributed by atoms with van der Waals surface area (Å²) < 4.78 is 0.966. The van der Waals surface area contributed by atoms with Gasteiger partial charge in [0.05, 0.1) is 10.2 Å². The summed E-state index contributed by atoms with van der Waals surface area (Å²) in [4.78, 5) is 4.01. The van der Waals surface area contributed by atoms with Gasteiger partial charge in [-0.25, -0.2) is 0 Å². The molecule has 3 N–H and O–H groups in total. The first kappa shape index (κ1) is 11.5. The Balaban J connectivity index is 2.82. The molecule has 0 aromatic carbocycles. The summed E-state index contributed by atoms with van der Waals surface area (Å²) in [5.74, 6) is 0. The zero-order valence-electron chi connectivity index (χ0n) is 8.55. The van der Waals surface area contributed by atoms with Gasteiger partial charge in [-0.15, -0.1) is 0 Å². The maximum atomic E-state index is 5.72. The maximum Gasteiger partial charge on any atom is 0.0590 e. The van der Waals surface area contributed by atoms with Crippen molar-refractivity contribution in [2.45, 2.75) is 25.8 Å². The summed E-state index contributed by atoms with van der Waals surface area (Å²) >= 11 is 3.44. The van der Waals surface area contributed by atoms with Crippen LogP contribution in [0.1, 0.15) is 20.3 Å². The molecule has 0 saturated heterocycles. The molecular weight excluding hydrogens is 242 g/mol. The van der Waals surface area contributed by atoms with E-state index < -0.39 is 0 Å². The fourth-order valence-corrected chi connectivity index (χ4v) is 1.43. The number of hydrogen-bond donors (Lipinski definition) is 2. The number of aromatic nitrogens is 1. The number of pyridine rings is 1. The second kappa shape index (κ2) is 4.75. The van der Waals surface area contributed by atoms with Crippen molar-refractivity contribution >= 4 is 21.6 Å². The van der Waals surface area contributed by atoms with E-state index in [1.165, 1.54) is 0 Å². The Morgan fingerprint density at radius 3 is 2.86 bits per heavy atom. The van der Waals surface area contributed by atoms with E-state index in [1.807, 2.05) is 6.07 Å². The van der Waals surface area contributed by atoms with Gasteiger partial charge in [0.25, 0.3) is 0 Å². The van der Waals surface area contributed by atoms with Crippen LogP contribution < -0.4 is 11.1 Å². The van der Waals surface area contributed by atoms with Crippen molar-refractivity contribution in [1.82, 2.24) is 4.98 Å². The number of hydrogen-bond acceptors (Lipinski definition) is 3. The highest BCUT2D eigenvalue weighted by atomic mass is 79.9. The summed E-state index contributed by atoms with van der Waals surface area (Å²) in [5, 5.41) is 3.41. The first-order valence-corrected chi connectivity index (χ1v) is 5.48. The van der Waals surface area contributed by atoms with Gasteiger partial charge in [0.2, 0.25) is 0 Å². The monoisotopic (exact) mass is 257 g/mol. The Morgan fingerprint density at radius 1 is 1.64 bits per heavy atom. The number of nitrogens with one attached hydrogen (secondary N) is 1. The molecule has 0 amide bonds. The van der Waals surface area contributed by atoms with Crippen LogP contribution in [0.5, 0.6) is 0 Å². The van der Waals surface area contributed by atoms with Gasteiger partial charge >= 0.3 is 0 Å². The predicted molar refractivity (Wildman–Crippen MR) is 63.3 cm³/mol. The minimum atomic E-state index is -0.0517. The van der Waals surface area contributed by atoms with Gasteiger partial charge in [0, 0.05) is 24.5 Å². The van der Waals surface area contributed by atoms with Crippen LogP contribution in [0.25, 0.3) is 0 Å². The molecule has 1 rings (SSSR count). The molecule has 0 aliphatic rings. The van der Waals surface area contributed by atoms with Crippen LogP contribution >= 0.6 is 15.9 Å². The van der Waals surface area contributed by atoms with Crippen molar-refractivity contribution in [3.8, 4) is 0 Å². The van der Waals surface area contributed by atoms with E-state index in [9.17, 15) is 0 Å². The lowest BCUT2D eigenvalue weighted by Gasteiger charge is -2.29. The van der Waals surface area contributed by atoms with Crippen LogP contribution in [0.2, 0.25) is 0 Å². The normalized spacial score (nSPS) is 14.9. The highest BCUT2D eigenvalue weighted by molar-refractivity contribution is 9.10. The lowest BCUT2D eigenvalue weighted by molar-refractivity contribution is 0.506. The zero-order chi connectivity index (χ0) is 10.6. The van der Waals surface area contributed by atoms with Crippen molar-refractivity contribution < 1.29 is 0 Å². The van der Waals surface area contributed by atoms with Gasteiger partial charge in [-0.3, -0.25) is 4.98 Å². The Labute approximate surface area is 93.2 Å². The van der Waals surface area contributed by atoms with E-state index in [4.69, 9.17) is 5.73 Å². The number of nitrogens with zero attached hydrogens (tertiary/aromatic N) is 1. The number of halogens is 1. The van der Waals surface area contributed by atoms with Crippen molar-refractivity contribution in [1.29, 1.82) is 0 Å². The maximum absolute atomic E-state index is 5.72. The van der Waals surface area contributed by atoms with Crippen LogP contribution in [0, 0.1) is 0 Å². The third-order valence-corrected chi connectivity index (χ3v) is 3.07. The SMILES string of the molecule is CCC(C)(CN)Nc1ccncc1Br. The standard InChI is InChI=1S/C10H16BrN3/c1-3-10(2,7-12)14-9-4-5-13-6-8(9)11/h4-6H,3,7,12H2,1-2H3,(H,13,14). The molecule has 1 aromatic rings. The highest BCUT2D eigenvalue weighted by Gasteiger charge is 2.20. The van der Waals surface area contributed by atoms with Gasteiger partial charge in [-0.1, -0.05) is 6.92 Å². The van der Waals surface area contributed by atoms with Gasteiger partial charge < -0.3 is 11.1 Å². The van der Waals surface area contributed by atoms with Crippen molar-refractivity contribution in [3.05, 3.63) is 22.9 Å². The van der Waals surface area contributed by atoms with Crippen LogP contribution in [-0.2, 0) is 0 Å². The minimum Gasteiger partial charge on any atom is -0.378 e. The first-order valence-electron chi connectivity index (χ1n) is 4.69.